The fourth-order valence-corrected chi connectivity index (χ4v) is 2.73. The molecule has 0 bridgehead atoms. The first-order valence-corrected chi connectivity index (χ1v) is 7.92. The molecule has 1 heterocycles. The van der Waals surface area contributed by atoms with Crippen molar-refractivity contribution in [1.29, 1.82) is 0 Å². The van der Waals surface area contributed by atoms with Crippen molar-refractivity contribution >= 4 is 17.8 Å². The molecule has 2 saturated carbocycles. The summed E-state index contributed by atoms with van der Waals surface area (Å²) < 4.78 is 5.93. The zero-order valence-electron chi connectivity index (χ0n) is 12.0. The number of rotatable bonds is 5. The monoisotopic (exact) mass is 305 g/mol. The van der Waals surface area contributed by atoms with E-state index >= 15 is 0 Å². The van der Waals surface area contributed by atoms with E-state index in [1.54, 1.807) is 24.5 Å². The average Bonchev–Trinajstić information content (AvgIpc) is 3.14. The van der Waals surface area contributed by atoms with Gasteiger partial charge in [0.05, 0.1) is 18.0 Å². The molecular formula is C16H20ClN3O. The number of allylic oxidation sites excluding steroid dienone is 2. The second-order valence-corrected chi connectivity index (χ2v) is 6.11. The Morgan fingerprint density at radius 3 is 2.76 bits per heavy atom. The third-order valence-corrected chi connectivity index (χ3v) is 4.16. The van der Waals surface area contributed by atoms with E-state index in [-0.39, 0.29) is 0 Å². The van der Waals surface area contributed by atoms with Gasteiger partial charge in [-0.05, 0) is 31.7 Å². The molecule has 5 heteroatoms. The summed E-state index contributed by atoms with van der Waals surface area (Å²) >= 11 is 5.90. The second-order valence-electron chi connectivity index (χ2n) is 5.73. The third kappa shape index (κ3) is 3.97. The predicted molar refractivity (Wildman–Crippen MR) is 84.6 cm³/mol. The molecule has 3 rings (SSSR count). The smallest absolute Gasteiger partial charge is 0.164 e. The van der Waals surface area contributed by atoms with Crippen LogP contribution in [-0.4, -0.2) is 17.2 Å². The summed E-state index contributed by atoms with van der Waals surface area (Å²) in [5.41, 5.74) is 7.14. The maximum Gasteiger partial charge on any atom is 0.164 e. The Bertz CT molecular complexity index is 560. The largest absolute Gasteiger partial charge is 0.454 e. The quantitative estimate of drug-likeness (QED) is 0.512. The molecule has 0 atom stereocenters. The van der Waals surface area contributed by atoms with Gasteiger partial charge >= 0.3 is 0 Å². The lowest BCUT2D eigenvalue weighted by Gasteiger charge is -2.15. The minimum Gasteiger partial charge on any atom is -0.454 e. The number of hydrogen-bond acceptors (Lipinski definition) is 4. The molecule has 2 aliphatic rings. The van der Waals surface area contributed by atoms with Crippen LogP contribution in [-0.2, 0) is 0 Å². The van der Waals surface area contributed by atoms with E-state index in [0.717, 1.165) is 31.4 Å². The lowest BCUT2D eigenvalue weighted by Crippen LogP contribution is -2.16. The standard InChI is InChI=1S/C16H20ClN3O/c17-15-9-13(7-8-19-15)21-14(10-20-12-5-6-12)16(18)11-3-1-2-4-11/h7-12H,1-6,18H2. The minimum absolute atomic E-state index is 0.406. The number of aliphatic imine (C=N–C) groups is 1. The number of ether oxygens (including phenoxy) is 1. The van der Waals surface area contributed by atoms with Crippen molar-refractivity contribution in [2.45, 2.75) is 44.6 Å². The van der Waals surface area contributed by atoms with Gasteiger partial charge in [0.1, 0.15) is 10.9 Å². The molecule has 4 nitrogen and oxygen atoms in total. The van der Waals surface area contributed by atoms with Crippen LogP contribution in [0.25, 0.3) is 0 Å². The average molecular weight is 306 g/mol. The van der Waals surface area contributed by atoms with Gasteiger partial charge in [0.2, 0.25) is 0 Å². The number of nitrogens with zero attached hydrogens (tertiary/aromatic N) is 2. The van der Waals surface area contributed by atoms with Crippen LogP contribution in [0.5, 0.6) is 5.75 Å². The second kappa shape index (κ2) is 6.48. The van der Waals surface area contributed by atoms with Crippen LogP contribution < -0.4 is 10.5 Å². The van der Waals surface area contributed by atoms with Gasteiger partial charge in [0.25, 0.3) is 0 Å². The molecule has 2 N–H and O–H groups in total. The van der Waals surface area contributed by atoms with Crippen molar-refractivity contribution in [2.75, 3.05) is 0 Å². The minimum atomic E-state index is 0.406. The summed E-state index contributed by atoms with van der Waals surface area (Å²) in [7, 11) is 0. The normalized spacial score (nSPS) is 20.8. The van der Waals surface area contributed by atoms with E-state index in [1.807, 2.05) is 0 Å². The zero-order valence-corrected chi connectivity index (χ0v) is 12.7. The molecule has 0 unspecified atom stereocenters. The Morgan fingerprint density at radius 1 is 1.33 bits per heavy atom. The molecule has 0 aromatic carbocycles. The van der Waals surface area contributed by atoms with E-state index in [0.29, 0.717) is 28.6 Å². The summed E-state index contributed by atoms with van der Waals surface area (Å²) in [6, 6.07) is 3.91. The van der Waals surface area contributed by atoms with Crippen molar-refractivity contribution in [3.63, 3.8) is 0 Å². The molecule has 0 saturated heterocycles. The van der Waals surface area contributed by atoms with Gasteiger partial charge in [0, 0.05) is 18.2 Å². The number of pyridine rings is 1. The first-order valence-electron chi connectivity index (χ1n) is 7.54. The molecule has 21 heavy (non-hydrogen) atoms. The van der Waals surface area contributed by atoms with E-state index in [9.17, 15) is 0 Å². The Morgan fingerprint density at radius 2 is 2.10 bits per heavy atom. The van der Waals surface area contributed by atoms with Crippen LogP contribution in [0.2, 0.25) is 5.15 Å². The topological polar surface area (TPSA) is 60.5 Å². The van der Waals surface area contributed by atoms with Gasteiger partial charge in [0.15, 0.2) is 5.76 Å². The fourth-order valence-electron chi connectivity index (χ4n) is 2.57. The molecule has 0 aliphatic heterocycles. The zero-order chi connectivity index (χ0) is 14.7. The third-order valence-electron chi connectivity index (χ3n) is 3.95. The maximum absolute atomic E-state index is 6.33. The lowest BCUT2D eigenvalue weighted by atomic mass is 10.0. The van der Waals surface area contributed by atoms with Gasteiger partial charge < -0.3 is 10.5 Å². The molecule has 2 fully saturated rings. The summed E-state index contributed by atoms with van der Waals surface area (Å²) in [6.45, 7) is 0. The van der Waals surface area contributed by atoms with Crippen LogP contribution in [0.15, 0.2) is 34.8 Å². The van der Waals surface area contributed by atoms with Crippen LogP contribution in [0.3, 0.4) is 0 Å². The van der Waals surface area contributed by atoms with Gasteiger partial charge in [-0.1, -0.05) is 24.4 Å². The van der Waals surface area contributed by atoms with Crippen LogP contribution >= 0.6 is 11.6 Å². The molecule has 1 aromatic heterocycles. The van der Waals surface area contributed by atoms with Crippen LogP contribution in [0, 0.1) is 5.92 Å². The molecule has 0 spiro atoms. The number of nitrogens with two attached hydrogens (primary N) is 1. The lowest BCUT2D eigenvalue weighted by molar-refractivity contribution is 0.435. The summed E-state index contributed by atoms with van der Waals surface area (Å²) in [5, 5.41) is 0.408. The highest BCUT2D eigenvalue weighted by Crippen LogP contribution is 2.31. The van der Waals surface area contributed by atoms with Crippen molar-refractivity contribution in [3.8, 4) is 5.75 Å². The summed E-state index contributed by atoms with van der Waals surface area (Å²) in [6.07, 6.45) is 10.5. The molecule has 2 aliphatic carbocycles. The van der Waals surface area contributed by atoms with Crippen molar-refractivity contribution < 1.29 is 4.74 Å². The van der Waals surface area contributed by atoms with Crippen molar-refractivity contribution in [1.82, 2.24) is 4.98 Å². The first-order chi connectivity index (χ1) is 10.2. The summed E-state index contributed by atoms with van der Waals surface area (Å²) in [5.74, 6) is 1.72. The van der Waals surface area contributed by atoms with Crippen LogP contribution in [0.1, 0.15) is 38.5 Å². The van der Waals surface area contributed by atoms with Gasteiger partial charge in [-0.15, -0.1) is 0 Å². The van der Waals surface area contributed by atoms with E-state index < -0.39 is 0 Å². The number of hydrogen-bond donors (Lipinski definition) is 1. The highest BCUT2D eigenvalue weighted by Gasteiger charge is 2.23. The molecular weight excluding hydrogens is 286 g/mol. The predicted octanol–water partition coefficient (Wildman–Crippen LogP) is 3.71. The first kappa shape index (κ1) is 14.4. The Kier molecular flexibility index (Phi) is 4.44. The molecule has 112 valence electrons. The van der Waals surface area contributed by atoms with Gasteiger partial charge in [-0.2, -0.15) is 0 Å². The van der Waals surface area contributed by atoms with Crippen molar-refractivity contribution in [3.05, 3.63) is 34.9 Å². The summed E-state index contributed by atoms with van der Waals surface area (Å²) in [4.78, 5) is 8.47. The Labute approximate surface area is 130 Å². The number of aromatic nitrogens is 1. The van der Waals surface area contributed by atoms with E-state index in [4.69, 9.17) is 22.1 Å². The SMILES string of the molecule is NC(=C(C=NC1CC1)Oc1ccnc(Cl)c1)C1CCCC1. The maximum atomic E-state index is 6.33. The van der Waals surface area contributed by atoms with Crippen LogP contribution in [0.4, 0.5) is 0 Å². The molecule has 0 amide bonds. The highest BCUT2D eigenvalue weighted by molar-refractivity contribution is 6.29. The number of halogens is 1. The van der Waals surface area contributed by atoms with E-state index in [2.05, 4.69) is 9.98 Å². The fraction of sp³-hybridized carbons (Fsp3) is 0.500. The highest BCUT2D eigenvalue weighted by atomic mass is 35.5. The van der Waals surface area contributed by atoms with Crippen molar-refractivity contribution in [2.24, 2.45) is 16.6 Å². The van der Waals surface area contributed by atoms with E-state index in [1.165, 1.54) is 12.8 Å². The molecule has 1 aromatic rings. The van der Waals surface area contributed by atoms with Gasteiger partial charge in [-0.3, -0.25) is 4.99 Å². The van der Waals surface area contributed by atoms with Gasteiger partial charge in [-0.25, -0.2) is 4.98 Å². The Balaban J connectivity index is 1.82. The Hall–Kier alpha value is -1.55. The molecule has 0 radical (unpaired) electrons.